The Hall–Kier alpha value is -3.19. The molecule has 2 aliphatic rings. The summed E-state index contributed by atoms with van der Waals surface area (Å²) in [5, 5.41) is 3.93. The number of nitrogens with zero attached hydrogens (tertiary/aromatic N) is 2. The van der Waals surface area contributed by atoms with Gasteiger partial charge in [0.2, 0.25) is 0 Å². The molecule has 1 saturated carbocycles. The summed E-state index contributed by atoms with van der Waals surface area (Å²) in [5.41, 5.74) is 12.8. The van der Waals surface area contributed by atoms with E-state index in [1.165, 1.54) is 17.6 Å². The van der Waals surface area contributed by atoms with E-state index in [4.69, 9.17) is 15.2 Å². The van der Waals surface area contributed by atoms with Crippen LogP contribution in [-0.4, -0.2) is 43.1 Å². The Labute approximate surface area is 207 Å². The molecule has 0 spiro atoms. The molecule has 3 N–H and O–H groups in total. The molecule has 0 unspecified atom stereocenters. The van der Waals surface area contributed by atoms with Crippen LogP contribution in [0.3, 0.4) is 0 Å². The third-order valence-electron chi connectivity index (χ3n) is 7.48. The van der Waals surface area contributed by atoms with Gasteiger partial charge in [0.25, 0.3) is 0 Å². The average Bonchev–Trinajstić information content (AvgIpc) is 3.10. The molecule has 2 heterocycles. The molecular formula is C28H36N4O3. The SMILES string of the molecule is CC(C)[C@@H](C)OC(=O)Nc1ccc(-c2c(N)c3ccc(N4CCOCC4)cc3n2C2CCC2)cc1. The van der Waals surface area contributed by atoms with Gasteiger partial charge in [-0.05, 0) is 62.4 Å². The highest BCUT2D eigenvalue weighted by atomic mass is 16.6. The predicted molar refractivity (Wildman–Crippen MR) is 142 cm³/mol. The molecule has 1 aromatic heterocycles. The molecule has 1 aliphatic heterocycles. The van der Waals surface area contributed by atoms with Crippen LogP contribution in [0.4, 0.5) is 21.9 Å². The number of nitrogen functional groups attached to an aromatic ring is 1. The Morgan fingerprint density at radius 3 is 2.43 bits per heavy atom. The van der Waals surface area contributed by atoms with E-state index in [1.807, 2.05) is 45.0 Å². The molecule has 5 rings (SSSR count). The maximum absolute atomic E-state index is 12.2. The minimum atomic E-state index is -0.433. The van der Waals surface area contributed by atoms with E-state index < -0.39 is 6.09 Å². The first-order valence-electron chi connectivity index (χ1n) is 12.8. The number of carbonyl (C=O) groups excluding carboxylic acids is 1. The van der Waals surface area contributed by atoms with Crippen molar-refractivity contribution in [1.29, 1.82) is 0 Å². The fourth-order valence-corrected chi connectivity index (χ4v) is 4.83. The number of hydrogen-bond donors (Lipinski definition) is 2. The normalized spacial score (nSPS) is 17.4. The minimum absolute atomic E-state index is 0.144. The van der Waals surface area contributed by atoms with Crippen LogP contribution in [0.15, 0.2) is 42.5 Å². The third kappa shape index (κ3) is 4.69. The quantitative estimate of drug-likeness (QED) is 0.453. The largest absolute Gasteiger partial charge is 0.446 e. The topological polar surface area (TPSA) is 81.8 Å². The second-order valence-corrected chi connectivity index (χ2v) is 10.1. The van der Waals surface area contributed by atoms with Crippen molar-refractivity contribution in [3.63, 3.8) is 0 Å². The van der Waals surface area contributed by atoms with Crippen molar-refractivity contribution in [2.75, 3.05) is 42.3 Å². The second-order valence-electron chi connectivity index (χ2n) is 10.1. The smallest absolute Gasteiger partial charge is 0.411 e. The number of carbonyl (C=O) groups is 1. The van der Waals surface area contributed by atoms with Crippen LogP contribution in [0.1, 0.15) is 46.1 Å². The van der Waals surface area contributed by atoms with Gasteiger partial charge in [-0.2, -0.15) is 0 Å². The Morgan fingerprint density at radius 1 is 1.09 bits per heavy atom. The zero-order valence-corrected chi connectivity index (χ0v) is 20.9. The lowest BCUT2D eigenvalue weighted by Gasteiger charge is -2.31. The van der Waals surface area contributed by atoms with Gasteiger partial charge in [0.1, 0.15) is 6.10 Å². The van der Waals surface area contributed by atoms with E-state index in [9.17, 15) is 4.79 Å². The highest BCUT2D eigenvalue weighted by molar-refractivity contribution is 6.02. The molecule has 1 saturated heterocycles. The lowest BCUT2D eigenvalue weighted by molar-refractivity contribution is 0.0940. The first kappa shape index (κ1) is 23.5. The predicted octanol–water partition coefficient (Wildman–Crippen LogP) is 6.05. The maximum atomic E-state index is 12.2. The monoisotopic (exact) mass is 476 g/mol. The van der Waals surface area contributed by atoms with Crippen LogP contribution in [0.5, 0.6) is 0 Å². The molecule has 2 fully saturated rings. The van der Waals surface area contributed by atoms with Gasteiger partial charge in [-0.15, -0.1) is 0 Å². The first-order chi connectivity index (χ1) is 16.9. The molecule has 35 heavy (non-hydrogen) atoms. The van der Waals surface area contributed by atoms with Crippen molar-refractivity contribution < 1.29 is 14.3 Å². The average molecular weight is 477 g/mol. The van der Waals surface area contributed by atoms with Crippen molar-refractivity contribution in [3.8, 4) is 11.3 Å². The molecule has 1 atom stereocenters. The minimum Gasteiger partial charge on any atom is -0.446 e. The van der Waals surface area contributed by atoms with Crippen LogP contribution >= 0.6 is 0 Å². The molecule has 0 bridgehead atoms. The lowest BCUT2D eigenvalue weighted by atomic mass is 9.92. The molecule has 7 heteroatoms. The fraction of sp³-hybridized carbons (Fsp3) is 0.464. The van der Waals surface area contributed by atoms with Crippen LogP contribution < -0.4 is 16.0 Å². The van der Waals surface area contributed by atoms with Crippen molar-refractivity contribution in [3.05, 3.63) is 42.5 Å². The number of aromatic nitrogens is 1. The summed E-state index contributed by atoms with van der Waals surface area (Å²) in [6.07, 6.45) is 2.99. The first-order valence-corrected chi connectivity index (χ1v) is 12.8. The maximum Gasteiger partial charge on any atom is 0.411 e. The number of morpholine rings is 1. The molecule has 1 aliphatic carbocycles. The summed E-state index contributed by atoms with van der Waals surface area (Å²) in [7, 11) is 0. The van der Waals surface area contributed by atoms with Gasteiger partial charge < -0.3 is 24.7 Å². The zero-order chi connectivity index (χ0) is 24.5. The molecule has 2 aromatic carbocycles. The number of nitrogens with two attached hydrogens (primary N) is 1. The zero-order valence-electron chi connectivity index (χ0n) is 20.9. The molecule has 3 aromatic rings. The number of rotatable bonds is 6. The van der Waals surface area contributed by atoms with Gasteiger partial charge in [0.05, 0.1) is 30.1 Å². The Bertz CT molecular complexity index is 1190. The molecule has 0 radical (unpaired) electrons. The fourth-order valence-electron chi connectivity index (χ4n) is 4.83. The summed E-state index contributed by atoms with van der Waals surface area (Å²) >= 11 is 0. The standard InChI is InChI=1S/C28H36N4O3/c1-18(2)19(3)35-28(33)30-21-9-7-20(8-10-21)27-26(29)24-12-11-23(31-13-15-34-16-14-31)17-25(24)32(27)22-5-4-6-22/h7-12,17-19,22H,4-6,13-16,29H2,1-3H3,(H,30,33)/t19-/m1/s1. The van der Waals surface area contributed by atoms with Crippen LogP contribution in [-0.2, 0) is 9.47 Å². The number of benzene rings is 2. The van der Waals surface area contributed by atoms with Crippen molar-refractivity contribution >= 4 is 34.1 Å². The van der Waals surface area contributed by atoms with Gasteiger partial charge in [0, 0.05) is 41.5 Å². The van der Waals surface area contributed by atoms with Crippen LogP contribution in [0.2, 0.25) is 0 Å². The van der Waals surface area contributed by atoms with E-state index in [-0.39, 0.29) is 12.0 Å². The molecule has 7 nitrogen and oxygen atoms in total. The van der Waals surface area contributed by atoms with Gasteiger partial charge >= 0.3 is 6.09 Å². The van der Waals surface area contributed by atoms with Gasteiger partial charge in [0.15, 0.2) is 0 Å². The second kappa shape index (κ2) is 9.82. The number of hydrogen-bond acceptors (Lipinski definition) is 5. The summed E-state index contributed by atoms with van der Waals surface area (Å²) in [5.74, 6) is 0.267. The highest BCUT2D eigenvalue weighted by Crippen LogP contribution is 2.45. The molecule has 1 amide bonds. The van der Waals surface area contributed by atoms with E-state index in [1.54, 1.807) is 0 Å². The summed E-state index contributed by atoms with van der Waals surface area (Å²) in [4.78, 5) is 14.6. The van der Waals surface area contributed by atoms with E-state index in [0.717, 1.165) is 61.5 Å². The molecule has 186 valence electrons. The van der Waals surface area contributed by atoms with E-state index >= 15 is 0 Å². The van der Waals surface area contributed by atoms with E-state index in [2.05, 4.69) is 33.0 Å². The summed E-state index contributed by atoms with van der Waals surface area (Å²) in [6.45, 7) is 9.30. The van der Waals surface area contributed by atoms with Crippen LogP contribution in [0, 0.1) is 5.92 Å². The third-order valence-corrected chi connectivity index (χ3v) is 7.48. The van der Waals surface area contributed by atoms with Gasteiger partial charge in [-0.3, -0.25) is 5.32 Å². The van der Waals surface area contributed by atoms with Crippen molar-refractivity contribution in [2.24, 2.45) is 5.92 Å². The lowest BCUT2D eigenvalue weighted by Crippen LogP contribution is -2.36. The Balaban J connectivity index is 1.46. The van der Waals surface area contributed by atoms with Crippen molar-refractivity contribution in [1.82, 2.24) is 4.57 Å². The van der Waals surface area contributed by atoms with Gasteiger partial charge in [-0.1, -0.05) is 26.0 Å². The van der Waals surface area contributed by atoms with E-state index in [0.29, 0.717) is 11.7 Å². The summed E-state index contributed by atoms with van der Waals surface area (Å²) < 4.78 is 13.4. The number of ether oxygens (including phenoxy) is 2. The van der Waals surface area contributed by atoms with Crippen molar-refractivity contribution in [2.45, 2.75) is 52.2 Å². The highest BCUT2D eigenvalue weighted by Gasteiger charge is 2.27. The Morgan fingerprint density at radius 2 is 1.80 bits per heavy atom. The number of amides is 1. The summed E-state index contributed by atoms with van der Waals surface area (Å²) in [6, 6.07) is 15.0. The Kier molecular flexibility index (Phi) is 6.60. The van der Waals surface area contributed by atoms with Crippen LogP contribution in [0.25, 0.3) is 22.2 Å². The number of nitrogens with one attached hydrogen (secondary N) is 1. The van der Waals surface area contributed by atoms with Gasteiger partial charge in [-0.25, -0.2) is 4.79 Å². The number of fused-ring (bicyclic) bond motifs is 1. The number of anilines is 3. The molecular weight excluding hydrogens is 440 g/mol.